The van der Waals surface area contributed by atoms with Gasteiger partial charge in [0.15, 0.2) is 0 Å². The Morgan fingerprint density at radius 3 is 2.82 bits per heavy atom. The molecule has 0 aliphatic carbocycles. The van der Waals surface area contributed by atoms with E-state index in [4.69, 9.17) is 0 Å². The van der Waals surface area contributed by atoms with Gasteiger partial charge in [0.05, 0.1) is 13.5 Å². The Balaban J connectivity index is 2.57. The molecule has 0 aromatic carbocycles. The number of hydrogen-bond acceptors (Lipinski definition) is 5. The zero-order valence-corrected chi connectivity index (χ0v) is 10.1. The van der Waals surface area contributed by atoms with Gasteiger partial charge in [-0.2, -0.15) is 0 Å². The Labute approximate surface area is 99.4 Å². The molecule has 6 heteroatoms. The summed E-state index contributed by atoms with van der Waals surface area (Å²) in [5.74, 6) is -0.165. The summed E-state index contributed by atoms with van der Waals surface area (Å²) in [7, 11) is 1.31. The van der Waals surface area contributed by atoms with E-state index in [9.17, 15) is 9.59 Å². The number of ether oxygens (including phenoxy) is 1. The summed E-state index contributed by atoms with van der Waals surface area (Å²) in [5, 5.41) is 2.66. The van der Waals surface area contributed by atoms with Crippen LogP contribution >= 0.6 is 0 Å². The Hall–Kier alpha value is -1.98. The third-order valence-corrected chi connectivity index (χ3v) is 2.09. The number of aromatic nitrogens is 2. The first-order valence-electron chi connectivity index (χ1n) is 5.20. The molecule has 92 valence electrons. The van der Waals surface area contributed by atoms with E-state index in [1.54, 1.807) is 13.8 Å². The molecule has 1 atom stereocenters. The molecular weight excluding hydrogens is 222 g/mol. The van der Waals surface area contributed by atoms with Gasteiger partial charge in [-0.25, -0.2) is 9.97 Å². The van der Waals surface area contributed by atoms with Crippen molar-refractivity contribution in [2.75, 3.05) is 7.11 Å². The van der Waals surface area contributed by atoms with Crippen LogP contribution in [0.1, 0.15) is 29.7 Å². The lowest BCUT2D eigenvalue weighted by molar-refractivity contribution is -0.141. The van der Waals surface area contributed by atoms with Gasteiger partial charge >= 0.3 is 5.97 Å². The Kier molecular flexibility index (Phi) is 4.56. The molecule has 1 aromatic rings. The molecule has 0 aliphatic rings. The second-order valence-corrected chi connectivity index (χ2v) is 3.64. The standard InChI is InChI=1S/C11H15N3O3/c1-7(6-10(15)17-3)13-11(16)9-4-5-12-8(2)14-9/h4-5,7H,6H2,1-3H3,(H,13,16)/t7-/m0/s1. The highest BCUT2D eigenvalue weighted by atomic mass is 16.5. The van der Waals surface area contributed by atoms with E-state index in [-0.39, 0.29) is 30.0 Å². The Morgan fingerprint density at radius 1 is 1.53 bits per heavy atom. The fraction of sp³-hybridized carbons (Fsp3) is 0.455. The third-order valence-electron chi connectivity index (χ3n) is 2.09. The molecule has 0 bridgehead atoms. The van der Waals surface area contributed by atoms with Gasteiger partial charge in [0.1, 0.15) is 11.5 Å². The van der Waals surface area contributed by atoms with Crippen molar-refractivity contribution in [3.8, 4) is 0 Å². The first kappa shape index (κ1) is 13.1. The monoisotopic (exact) mass is 237 g/mol. The molecule has 0 radical (unpaired) electrons. The number of carbonyl (C=O) groups excluding carboxylic acids is 2. The van der Waals surface area contributed by atoms with Gasteiger partial charge in [0, 0.05) is 12.2 Å². The average Bonchev–Trinajstić information content (AvgIpc) is 2.28. The summed E-state index contributed by atoms with van der Waals surface area (Å²) in [4.78, 5) is 30.6. The Bertz CT molecular complexity index is 420. The van der Waals surface area contributed by atoms with Crippen molar-refractivity contribution in [2.24, 2.45) is 0 Å². The Morgan fingerprint density at radius 2 is 2.24 bits per heavy atom. The molecule has 1 amide bonds. The molecule has 0 saturated carbocycles. The fourth-order valence-electron chi connectivity index (χ4n) is 1.26. The molecular formula is C11H15N3O3. The second-order valence-electron chi connectivity index (χ2n) is 3.64. The summed E-state index contributed by atoms with van der Waals surface area (Å²) in [6.07, 6.45) is 1.65. The van der Waals surface area contributed by atoms with Crippen molar-refractivity contribution >= 4 is 11.9 Å². The van der Waals surface area contributed by atoms with E-state index < -0.39 is 0 Å². The fourth-order valence-corrected chi connectivity index (χ4v) is 1.26. The summed E-state index contributed by atoms with van der Waals surface area (Å²) in [6.45, 7) is 3.43. The van der Waals surface area contributed by atoms with Crippen molar-refractivity contribution in [1.82, 2.24) is 15.3 Å². The molecule has 17 heavy (non-hydrogen) atoms. The number of carbonyl (C=O) groups is 2. The molecule has 0 saturated heterocycles. The van der Waals surface area contributed by atoms with Gasteiger partial charge in [-0.15, -0.1) is 0 Å². The van der Waals surface area contributed by atoms with E-state index in [0.29, 0.717) is 5.82 Å². The van der Waals surface area contributed by atoms with Crippen LogP contribution in [0, 0.1) is 6.92 Å². The lowest BCUT2D eigenvalue weighted by Gasteiger charge is -2.12. The molecule has 1 aromatic heterocycles. The molecule has 1 rings (SSSR count). The molecule has 0 unspecified atom stereocenters. The number of nitrogens with one attached hydrogen (secondary N) is 1. The van der Waals surface area contributed by atoms with Crippen LogP contribution in [0.3, 0.4) is 0 Å². The predicted molar refractivity (Wildman–Crippen MR) is 60.3 cm³/mol. The SMILES string of the molecule is COC(=O)C[C@H](C)NC(=O)c1ccnc(C)n1. The lowest BCUT2D eigenvalue weighted by atomic mass is 10.2. The zero-order chi connectivity index (χ0) is 12.8. The number of amides is 1. The summed E-state index contributed by atoms with van der Waals surface area (Å²) in [6, 6.07) is 1.22. The first-order valence-corrected chi connectivity index (χ1v) is 5.20. The van der Waals surface area contributed by atoms with Gasteiger partial charge in [-0.1, -0.05) is 0 Å². The van der Waals surface area contributed by atoms with Crippen LogP contribution in [0.15, 0.2) is 12.3 Å². The number of methoxy groups -OCH3 is 1. The van der Waals surface area contributed by atoms with Gasteiger partial charge < -0.3 is 10.1 Å². The zero-order valence-electron chi connectivity index (χ0n) is 10.1. The molecule has 1 N–H and O–H groups in total. The topological polar surface area (TPSA) is 81.2 Å². The molecule has 0 spiro atoms. The minimum Gasteiger partial charge on any atom is -0.469 e. The highest BCUT2D eigenvalue weighted by Gasteiger charge is 2.14. The highest BCUT2D eigenvalue weighted by molar-refractivity contribution is 5.92. The number of hydrogen-bond donors (Lipinski definition) is 1. The maximum absolute atomic E-state index is 11.7. The molecule has 1 heterocycles. The average molecular weight is 237 g/mol. The summed E-state index contributed by atoms with van der Waals surface area (Å²) in [5.41, 5.74) is 0.286. The quantitative estimate of drug-likeness (QED) is 0.770. The van der Waals surface area contributed by atoms with E-state index in [1.165, 1.54) is 19.4 Å². The second kappa shape index (κ2) is 5.93. The maximum Gasteiger partial charge on any atom is 0.307 e. The van der Waals surface area contributed by atoms with Gasteiger partial charge in [0.2, 0.25) is 0 Å². The molecule has 6 nitrogen and oxygen atoms in total. The van der Waals surface area contributed by atoms with Crippen molar-refractivity contribution in [2.45, 2.75) is 26.3 Å². The van der Waals surface area contributed by atoms with Crippen LogP contribution in [0.2, 0.25) is 0 Å². The largest absolute Gasteiger partial charge is 0.469 e. The number of aryl methyl sites for hydroxylation is 1. The lowest BCUT2D eigenvalue weighted by Crippen LogP contribution is -2.35. The van der Waals surface area contributed by atoms with E-state index in [1.807, 2.05) is 0 Å². The smallest absolute Gasteiger partial charge is 0.307 e. The number of rotatable bonds is 4. The van der Waals surface area contributed by atoms with Crippen LogP contribution in [0.4, 0.5) is 0 Å². The van der Waals surface area contributed by atoms with Gasteiger partial charge in [-0.3, -0.25) is 9.59 Å². The minimum absolute atomic E-state index is 0.131. The van der Waals surface area contributed by atoms with Crippen LogP contribution in [0.5, 0.6) is 0 Å². The van der Waals surface area contributed by atoms with Crippen LogP contribution in [0.25, 0.3) is 0 Å². The van der Waals surface area contributed by atoms with Crippen LogP contribution in [-0.4, -0.2) is 35.0 Å². The number of esters is 1. The van der Waals surface area contributed by atoms with Crippen molar-refractivity contribution < 1.29 is 14.3 Å². The van der Waals surface area contributed by atoms with Crippen LogP contribution < -0.4 is 5.32 Å². The van der Waals surface area contributed by atoms with Gasteiger partial charge in [0.25, 0.3) is 5.91 Å². The van der Waals surface area contributed by atoms with Gasteiger partial charge in [-0.05, 0) is 19.9 Å². The highest BCUT2D eigenvalue weighted by Crippen LogP contribution is 1.98. The van der Waals surface area contributed by atoms with Crippen LogP contribution in [-0.2, 0) is 9.53 Å². The molecule has 0 fully saturated rings. The van der Waals surface area contributed by atoms with Crippen molar-refractivity contribution in [1.29, 1.82) is 0 Å². The first-order chi connectivity index (χ1) is 8.02. The minimum atomic E-state index is -0.364. The van der Waals surface area contributed by atoms with E-state index in [0.717, 1.165) is 0 Å². The van der Waals surface area contributed by atoms with Crippen molar-refractivity contribution in [3.05, 3.63) is 23.8 Å². The molecule has 0 aliphatic heterocycles. The van der Waals surface area contributed by atoms with E-state index >= 15 is 0 Å². The maximum atomic E-state index is 11.7. The third kappa shape index (κ3) is 4.18. The van der Waals surface area contributed by atoms with E-state index in [2.05, 4.69) is 20.0 Å². The van der Waals surface area contributed by atoms with Crippen molar-refractivity contribution in [3.63, 3.8) is 0 Å². The normalized spacial score (nSPS) is 11.7. The predicted octanol–water partition coefficient (Wildman–Crippen LogP) is 0.466. The summed E-state index contributed by atoms with van der Waals surface area (Å²) >= 11 is 0. The number of nitrogens with zero attached hydrogens (tertiary/aromatic N) is 2. The summed E-state index contributed by atoms with van der Waals surface area (Å²) < 4.78 is 4.51.